The molecule has 2 rings (SSSR count). The first-order valence-corrected chi connectivity index (χ1v) is 7.44. The summed E-state index contributed by atoms with van der Waals surface area (Å²) >= 11 is 0. The van der Waals surface area contributed by atoms with Gasteiger partial charge >= 0.3 is 5.97 Å². The van der Waals surface area contributed by atoms with Crippen LogP contribution in [0.25, 0.3) is 0 Å². The van der Waals surface area contributed by atoms with Gasteiger partial charge < -0.3 is 20.4 Å². The number of aliphatic hydroxyl groups is 1. The second-order valence-electron chi connectivity index (χ2n) is 6.03. The number of hydrogen-bond acceptors (Lipinski definition) is 4. The third-order valence-electron chi connectivity index (χ3n) is 4.46. The molecule has 0 aromatic carbocycles. The molecule has 1 amide bonds. The molecular formula is C14H24N2O4. The van der Waals surface area contributed by atoms with Crippen LogP contribution in [0.15, 0.2) is 0 Å². The van der Waals surface area contributed by atoms with Crippen molar-refractivity contribution in [2.75, 3.05) is 26.2 Å². The number of nitrogens with zero attached hydrogens (tertiary/aromatic N) is 1. The van der Waals surface area contributed by atoms with Crippen LogP contribution in [0.3, 0.4) is 0 Å². The number of carboxylic acids is 1. The smallest absolute Gasteiger partial charge is 0.306 e. The summed E-state index contributed by atoms with van der Waals surface area (Å²) in [6.07, 6.45) is 4.77. The Balaban J connectivity index is 1.67. The van der Waals surface area contributed by atoms with Crippen molar-refractivity contribution in [3.63, 3.8) is 0 Å². The van der Waals surface area contributed by atoms with Crippen molar-refractivity contribution in [2.45, 2.75) is 44.1 Å². The summed E-state index contributed by atoms with van der Waals surface area (Å²) in [4.78, 5) is 24.5. The Kier molecular flexibility index (Phi) is 4.99. The van der Waals surface area contributed by atoms with E-state index in [0.29, 0.717) is 32.5 Å². The second kappa shape index (κ2) is 6.54. The maximum atomic E-state index is 12.0. The molecule has 0 unspecified atom stereocenters. The molecule has 0 spiro atoms. The van der Waals surface area contributed by atoms with Gasteiger partial charge in [-0.15, -0.1) is 0 Å². The molecule has 1 aliphatic heterocycles. The highest BCUT2D eigenvalue weighted by Crippen LogP contribution is 2.28. The molecule has 0 bridgehead atoms. The third kappa shape index (κ3) is 3.93. The van der Waals surface area contributed by atoms with Crippen molar-refractivity contribution < 1.29 is 19.8 Å². The molecule has 6 nitrogen and oxygen atoms in total. The first-order valence-electron chi connectivity index (χ1n) is 7.44. The van der Waals surface area contributed by atoms with Gasteiger partial charge in [0, 0.05) is 19.6 Å². The number of carbonyl (C=O) groups is 2. The number of amides is 1. The summed E-state index contributed by atoms with van der Waals surface area (Å²) in [5.74, 6) is -1.08. The maximum Gasteiger partial charge on any atom is 0.306 e. The molecule has 0 radical (unpaired) electrons. The topological polar surface area (TPSA) is 89.9 Å². The lowest BCUT2D eigenvalue weighted by atomic mass is 9.97. The van der Waals surface area contributed by atoms with E-state index in [2.05, 4.69) is 5.32 Å². The Morgan fingerprint density at radius 2 is 1.80 bits per heavy atom. The summed E-state index contributed by atoms with van der Waals surface area (Å²) in [6, 6.07) is 0. The number of aliphatic carboxylic acids is 1. The van der Waals surface area contributed by atoms with Crippen LogP contribution in [0.2, 0.25) is 0 Å². The summed E-state index contributed by atoms with van der Waals surface area (Å²) in [6.45, 7) is 1.72. The van der Waals surface area contributed by atoms with E-state index >= 15 is 0 Å². The Morgan fingerprint density at radius 3 is 2.35 bits per heavy atom. The minimum atomic E-state index is -0.765. The van der Waals surface area contributed by atoms with Crippen LogP contribution in [-0.4, -0.2) is 58.8 Å². The van der Waals surface area contributed by atoms with Crippen molar-refractivity contribution in [3.8, 4) is 0 Å². The summed E-state index contributed by atoms with van der Waals surface area (Å²) in [7, 11) is 0. The first-order chi connectivity index (χ1) is 9.50. The Labute approximate surface area is 119 Å². The number of rotatable bonds is 5. The van der Waals surface area contributed by atoms with Gasteiger partial charge in [0.25, 0.3) is 0 Å². The lowest BCUT2D eigenvalue weighted by molar-refractivity contribution is -0.145. The molecule has 20 heavy (non-hydrogen) atoms. The fourth-order valence-corrected chi connectivity index (χ4v) is 3.10. The highest BCUT2D eigenvalue weighted by atomic mass is 16.4. The lowest BCUT2D eigenvalue weighted by Gasteiger charge is -2.30. The summed E-state index contributed by atoms with van der Waals surface area (Å²) < 4.78 is 0. The summed E-state index contributed by atoms with van der Waals surface area (Å²) in [5.41, 5.74) is -0.642. The van der Waals surface area contributed by atoms with Crippen LogP contribution in [0.4, 0.5) is 0 Å². The highest BCUT2D eigenvalue weighted by Gasteiger charge is 2.31. The van der Waals surface area contributed by atoms with E-state index in [4.69, 9.17) is 5.11 Å². The van der Waals surface area contributed by atoms with E-state index in [1.807, 2.05) is 0 Å². The van der Waals surface area contributed by atoms with Crippen molar-refractivity contribution in [2.24, 2.45) is 5.92 Å². The van der Waals surface area contributed by atoms with E-state index in [-0.39, 0.29) is 18.4 Å². The second-order valence-corrected chi connectivity index (χ2v) is 6.03. The number of piperidine rings is 1. The van der Waals surface area contributed by atoms with Crippen molar-refractivity contribution >= 4 is 11.9 Å². The zero-order valence-corrected chi connectivity index (χ0v) is 11.8. The molecule has 2 aliphatic rings. The van der Waals surface area contributed by atoms with E-state index in [0.717, 1.165) is 25.7 Å². The molecular weight excluding hydrogens is 260 g/mol. The van der Waals surface area contributed by atoms with Gasteiger partial charge in [0.2, 0.25) is 5.91 Å². The highest BCUT2D eigenvalue weighted by molar-refractivity contribution is 5.78. The predicted octanol–water partition coefficient (Wildman–Crippen LogP) is 0.204. The molecule has 1 saturated heterocycles. The largest absolute Gasteiger partial charge is 0.481 e. The van der Waals surface area contributed by atoms with Crippen molar-refractivity contribution in [1.29, 1.82) is 0 Å². The van der Waals surface area contributed by atoms with Gasteiger partial charge in [0.15, 0.2) is 0 Å². The number of nitrogens with one attached hydrogen (secondary N) is 1. The molecule has 114 valence electrons. The van der Waals surface area contributed by atoms with Crippen LogP contribution in [0.5, 0.6) is 0 Å². The maximum absolute atomic E-state index is 12.0. The van der Waals surface area contributed by atoms with Gasteiger partial charge in [-0.3, -0.25) is 9.59 Å². The zero-order valence-electron chi connectivity index (χ0n) is 11.8. The van der Waals surface area contributed by atoms with E-state index in [1.165, 1.54) is 0 Å². The van der Waals surface area contributed by atoms with Gasteiger partial charge in [-0.25, -0.2) is 0 Å². The van der Waals surface area contributed by atoms with Gasteiger partial charge in [0.05, 0.1) is 18.1 Å². The van der Waals surface area contributed by atoms with Crippen LogP contribution in [0.1, 0.15) is 38.5 Å². The zero-order chi connectivity index (χ0) is 14.6. The van der Waals surface area contributed by atoms with E-state index < -0.39 is 11.6 Å². The third-order valence-corrected chi connectivity index (χ3v) is 4.46. The van der Waals surface area contributed by atoms with Crippen LogP contribution < -0.4 is 5.32 Å². The first kappa shape index (κ1) is 15.3. The van der Waals surface area contributed by atoms with Crippen LogP contribution >= 0.6 is 0 Å². The number of likely N-dealkylation sites (tertiary alicyclic amines) is 1. The normalized spacial score (nSPS) is 22.9. The molecule has 0 aromatic rings. The average molecular weight is 284 g/mol. The van der Waals surface area contributed by atoms with Gasteiger partial charge in [-0.2, -0.15) is 0 Å². The fraction of sp³-hybridized carbons (Fsp3) is 0.857. The Bertz CT molecular complexity index is 358. The van der Waals surface area contributed by atoms with Crippen LogP contribution in [0, 0.1) is 5.92 Å². The average Bonchev–Trinajstić information content (AvgIpc) is 2.85. The predicted molar refractivity (Wildman–Crippen MR) is 73.2 cm³/mol. The number of carboxylic acid groups (broad SMARTS) is 1. The van der Waals surface area contributed by atoms with Crippen molar-refractivity contribution in [1.82, 2.24) is 10.2 Å². The number of hydrogen-bond donors (Lipinski definition) is 3. The minimum Gasteiger partial charge on any atom is -0.481 e. The van der Waals surface area contributed by atoms with E-state index in [1.54, 1.807) is 4.90 Å². The minimum absolute atomic E-state index is 0.00423. The quantitative estimate of drug-likeness (QED) is 0.671. The Hall–Kier alpha value is -1.14. The molecule has 3 N–H and O–H groups in total. The molecule has 1 aliphatic carbocycles. The monoisotopic (exact) mass is 284 g/mol. The fourth-order valence-electron chi connectivity index (χ4n) is 3.10. The van der Waals surface area contributed by atoms with E-state index in [9.17, 15) is 14.7 Å². The SMILES string of the molecule is O=C(O)C1CCN(C(=O)CNCC2(O)CCCC2)CC1. The summed E-state index contributed by atoms with van der Waals surface area (Å²) in [5, 5.41) is 22.1. The van der Waals surface area contributed by atoms with Crippen LogP contribution in [-0.2, 0) is 9.59 Å². The van der Waals surface area contributed by atoms with Crippen molar-refractivity contribution in [3.05, 3.63) is 0 Å². The number of carbonyl (C=O) groups excluding carboxylic acids is 1. The standard InChI is InChI=1S/C14H24N2O4/c17-12(9-15-10-14(20)5-1-2-6-14)16-7-3-11(4-8-16)13(18)19/h11,15,20H,1-10H2,(H,18,19). The Morgan fingerprint density at radius 1 is 1.20 bits per heavy atom. The lowest BCUT2D eigenvalue weighted by Crippen LogP contribution is -2.46. The van der Waals surface area contributed by atoms with Gasteiger partial charge in [-0.1, -0.05) is 12.8 Å². The molecule has 0 atom stereocenters. The molecule has 1 saturated carbocycles. The molecule has 2 fully saturated rings. The van der Waals surface area contributed by atoms with Gasteiger partial charge in [-0.05, 0) is 25.7 Å². The molecule has 1 heterocycles. The molecule has 6 heteroatoms. The van der Waals surface area contributed by atoms with Gasteiger partial charge in [0.1, 0.15) is 0 Å². The molecule has 0 aromatic heterocycles.